The maximum Gasteiger partial charge on any atom is 0.330 e. The third kappa shape index (κ3) is 3.97. The van der Waals surface area contributed by atoms with Crippen molar-refractivity contribution in [3.63, 3.8) is 0 Å². The number of benzene rings is 2. The molecule has 5 heteroatoms. The molecule has 0 amide bonds. The lowest BCUT2D eigenvalue weighted by molar-refractivity contribution is -0.202. The van der Waals surface area contributed by atoms with Crippen LogP contribution in [0, 0.1) is 11.2 Å². The molecule has 1 unspecified atom stereocenters. The molecule has 1 aliphatic heterocycles. The van der Waals surface area contributed by atoms with E-state index in [1.54, 1.807) is 25.8 Å². The summed E-state index contributed by atoms with van der Waals surface area (Å²) in [5, 5.41) is 2.09. The normalized spacial score (nSPS) is 17.9. The lowest BCUT2D eigenvalue weighted by Crippen LogP contribution is -2.34. The van der Waals surface area contributed by atoms with Gasteiger partial charge >= 0.3 is 5.97 Å². The van der Waals surface area contributed by atoms with E-state index in [0.717, 1.165) is 11.1 Å². The summed E-state index contributed by atoms with van der Waals surface area (Å²) in [6, 6.07) is 13.7. The number of hydroxylamine groups is 2. The molecule has 2 aromatic rings. The monoisotopic (exact) mass is 373 g/mol. The average molecular weight is 374 g/mol. The molecule has 0 spiro atoms. The second kappa shape index (κ2) is 7.22. The molecule has 0 fully saturated rings. The summed E-state index contributed by atoms with van der Waals surface area (Å²) in [6.07, 6.45) is 1.96. The summed E-state index contributed by atoms with van der Waals surface area (Å²) >= 11 is 6.26. The van der Waals surface area contributed by atoms with E-state index in [2.05, 4.69) is 0 Å². The molecule has 0 aliphatic carbocycles. The second-order valence-corrected chi connectivity index (χ2v) is 7.78. The number of rotatable bonds is 3. The van der Waals surface area contributed by atoms with Crippen molar-refractivity contribution in [3.8, 4) is 0 Å². The van der Waals surface area contributed by atoms with Crippen LogP contribution in [-0.2, 0) is 9.63 Å². The van der Waals surface area contributed by atoms with Crippen LogP contribution in [0.1, 0.15) is 37.9 Å². The van der Waals surface area contributed by atoms with Gasteiger partial charge < -0.3 is 4.84 Å². The highest BCUT2D eigenvalue weighted by atomic mass is 35.5. The highest BCUT2D eigenvalue weighted by molar-refractivity contribution is 6.32. The van der Waals surface area contributed by atoms with Gasteiger partial charge in [-0.25, -0.2) is 9.18 Å². The van der Waals surface area contributed by atoms with Crippen LogP contribution in [0.5, 0.6) is 0 Å². The van der Waals surface area contributed by atoms with Crippen LogP contribution in [0.25, 0.3) is 5.57 Å². The van der Waals surface area contributed by atoms with Gasteiger partial charge in [-0.15, -0.1) is 5.06 Å². The van der Waals surface area contributed by atoms with Gasteiger partial charge in [-0.05, 0) is 50.1 Å². The first-order chi connectivity index (χ1) is 12.3. The highest BCUT2D eigenvalue weighted by Crippen LogP contribution is 2.38. The van der Waals surface area contributed by atoms with Gasteiger partial charge in [0.25, 0.3) is 0 Å². The Kier molecular flexibility index (Phi) is 5.17. The Morgan fingerprint density at radius 2 is 1.88 bits per heavy atom. The summed E-state index contributed by atoms with van der Waals surface area (Å²) in [5.74, 6) is -0.676. The van der Waals surface area contributed by atoms with Crippen LogP contribution >= 0.6 is 11.6 Å². The van der Waals surface area contributed by atoms with Crippen molar-refractivity contribution in [2.75, 3.05) is 6.54 Å². The molecule has 3 nitrogen and oxygen atoms in total. The molecule has 26 heavy (non-hydrogen) atoms. The summed E-state index contributed by atoms with van der Waals surface area (Å²) in [7, 11) is 0. The van der Waals surface area contributed by atoms with Gasteiger partial charge in [0.1, 0.15) is 5.82 Å². The van der Waals surface area contributed by atoms with Gasteiger partial charge in [0.2, 0.25) is 0 Å². The van der Waals surface area contributed by atoms with E-state index in [1.165, 1.54) is 18.2 Å². The fourth-order valence-electron chi connectivity index (χ4n) is 2.76. The molecule has 0 N–H and O–H groups in total. The number of hydrogen-bond acceptors (Lipinski definition) is 3. The van der Waals surface area contributed by atoms with Gasteiger partial charge in [0, 0.05) is 10.6 Å². The molecule has 3 rings (SSSR count). The van der Waals surface area contributed by atoms with Crippen molar-refractivity contribution in [2.24, 2.45) is 5.41 Å². The quantitative estimate of drug-likeness (QED) is 0.719. The minimum atomic E-state index is -0.625. The van der Waals surface area contributed by atoms with Crippen LogP contribution in [0.15, 0.2) is 54.6 Å². The van der Waals surface area contributed by atoms with Crippen molar-refractivity contribution in [1.82, 2.24) is 5.06 Å². The third-order valence-corrected chi connectivity index (χ3v) is 4.55. The zero-order valence-corrected chi connectivity index (χ0v) is 15.8. The number of carbonyl (C=O) groups is 1. The van der Waals surface area contributed by atoms with E-state index in [9.17, 15) is 9.18 Å². The van der Waals surface area contributed by atoms with Crippen LogP contribution in [0.2, 0.25) is 5.02 Å². The average Bonchev–Trinajstić information content (AvgIpc) is 3.00. The standard InChI is InChI=1S/C21H21ClFNO2/c1-21(2,3)20(25)26-24-13-15(17-12-16(23)9-10-18(17)22)11-19(24)14-7-5-4-6-8-14/h4-12,19H,13H2,1-3H3. The van der Waals surface area contributed by atoms with Crippen molar-refractivity contribution in [1.29, 1.82) is 0 Å². The molecule has 1 atom stereocenters. The lowest BCUT2D eigenvalue weighted by atomic mass is 9.98. The van der Waals surface area contributed by atoms with Crippen LogP contribution < -0.4 is 0 Å². The number of nitrogens with zero attached hydrogens (tertiary/aromatic N) is 1. The summed E-state index contributed by atoms with van der Waals surface area (Å²) < 4.78 is 13.7. The predicted octanol–water partition coefficient (Wildman–Crippen LogP) is 5.42. The number of halogens is 2. The summed E-state index contributed by atoms with van der Waals surface area (Å²) in [4.78, 5) is 18.1. The zero-order chi connectivity index (χ0) is 18.9. The Bertz CT molecular complexity index is 843. The molecule has 2 aromatic carbocycles. The number of hydrogen-bond donors (Lipinski definition) is 0. The predicted molar refractivity (Wildman–Crippen MR) is 101 cm³/mol. The van der Waals surface area contributed by atoms with Crippen LogP contribution in [-0.4, -0.2) is 17.6 Å². The largest absolute Gasteiger partial charge is 0.366 e. The lowest BCUT2D eigenvalue weighted by Gasteiger charge is -2.27. The molecule has 136 valence electrons. The van der Waals surface area contributed by atoms with E-state index in [1.807, 2.05) is 36.4 Å². The SMILES string of the molecule is CC(C)(C)C(=O)ON1CC(c2cc(F)ccc2Cl)=CC1c1ccccc1. The van der Waals surface area contributed by atoms with E-state index >= 15 is 0 Å². The second-order valence-electron chi connectivity index (χ2n) is 7.38. The van der Waals surface area contributed by atoms with E-state index in [0.29, 0.717) is 17.1 Å². The Morgan fingerprint density at radius 1 is 1.19 bits per heavy atom. The first-order valence-corrected chi connectivity index (χ1v) is 8.83. The minimum absolute atomic E-state index is 0.253. The summed E-state index contributed by atoms with van der Waals surface area (Å²) in [6.45, 7) is 5.76. The van der Waals surface area contributed by atoms with E-state index < -0.39 is 5.41 Å². The highest BCUT2D eigenvalue weighted by Gasteiger charge is 2.34. The fraction of sp³-hybridized carbons (Fsp3) is 0.286. The van der Waals surface area contributed by atoms with Crippen LogP contribution in [0.3, 0.4) is 0 Å². The van der Waals surface area contributed by atoms with Gasteiger partial charge in [0.05, 0.1) is 18.0 Å². The van der Waals surface area contributed by atoms with Crippen molar-refractivity contribution in [2.45, 2.75) is 26.8 Å². The van der Waals surface area contributed by atoms with Gasteiger partial charge in [-0.2, -0.15) is 0 Å². The summed E-state index contributed by atoms with van der Waals surface area (Å²) in [5.41, 5.74) is 1.80. The minimum Gasteiger partial charge on any atom is -0.366 e. The first-order valence-electron chi connectivity index (χ1n) is 8.46. The Hall–Kier alpha value is -2.17. The fourth-order valence-corrected chi connectivity index (χ4v) is 3.00. The molecular formula is C21H21ClFNO2. The van der Waals surface area contributed by atoms with E-state index in [-0.39, 0.29) is 17.8 Å². The molecule has 0 bridgehead atoms. The maximum absolute atomic E-state index is 13.7. The molecule has 0 saturated carbocycles. The van der Waals surface area contributed by atoms with Crippen LogP contribution in [0.4, 0.5) is 4.39 Å². The molecule has 0 radical (unpaired) electrons. The van der Waals surface area contributed by atoms with Crippen molar-refractivity contribution < 1.29 is 14.0 Å². The molecule has 0 saturated heterocycles. The Labute approximate surface area is 158 Å². The van der Waals surface area contributed by atoms with Gasteiger partial charge in [-0.3, -0.25) is 0 Å². The third-order valence-electron chi connectivity index (χ3n) is 4.22. The molecule has 0 aromatic heterocycles. The van der Waals surface area contributed by atoms with Crippen molar-refractivity contribution >= 4 is 23.1 Å². The zero-order valence-electron chi connectivity index (χ0n) is 15.0. The number of carbonyl (C=O) groups excluding carboxylic acids is 1. The Morgan fingerprint density at radius 3 is 2.54 bits per heavy atom. The van der Waals surface area contributed by atoms with Gasteiger partial charge in [0.15, 0.2) is 0 Å². The molecule has 1 heterocycles. The van der Waals surface area contributed by atoms with Gasteiger partial charge in [-0.1, -0.05) is 48.0 Å². The Balaban J connectivity index is 1.96. The maximum atomic E-state index is 13.7. The first kappa shape index (κ1) is 18.6. The smallest absolute Gasteiger partial charge is 0.330 e. The molecular weight excluding hydrogens is 353 g/mol. The van der Waals surface area contributed by atoms with Crippen molar-refractivity contribution in [3.05, 3.63) is 76.6 Å². The topological polar surface area (TPSA) is 29.5 Å². The molecule has 1 aliphatic rings. The van der Waals surface area contributed by atoms with E-state index in [4.69, 9.17) is 16.4 Å².